The number of sulfonamides is 1. The summed E-state index contributed by atoms with van der Waals surface area (Å²) in [6.45, 7) is 1.59. The first-order chi connectivity index (χ1) is 15.2. The van der Waals surface area contributed by atoms with E-state index in [9.17, 15) is 13.2 Å². The molecule has 3 aromatic rings. The van der Waals surface area contributed by atoms with Gasteiger partial charge in [0.15, 0.2) is 0 Å². The van der Waals surface area contributed by atoms with E-state index in [1.807, 2.05) is 55.5 Å². The Balaban J connectivity index is 1.78. The lowest BCUT2D eigenvalue weighted by Gasteiger charge is -2.21. The van der Waals surface area contributed by atoms with Crippen LogP contribution in [0.5, 0.6) is 0 Å². The van der Waals surface area contributed by atoms with Crippen molar-refractivity contribution in [2.75, 3.05) is 6.54 Å². The van der Waals surface area contributed by atoms with Crippen molar-refractivity contribution in [3.8, 4) is 0 Å². The number of halogens is 2. The van der Waals surface area contributed by atoms with Crippen molar-refractivity contribution in [2.24, 2.45) is 5.10 Å². The Kier molecular flexibility index (Phi) is 8.20. The van der Waals surface area contributed by atoms with Crippen LogP contribution < -0.4 is 5.43 Å². The summed E-state index contributed by atoms with van der Waals surface area (Å²) >= 11 is 9.25. The number of carbonyl (C=O) groups is 1. The molecule has 0 spiro atoms. The summed E-state index contributed by atoms with van der Waals surface area (Å²) in [5.41, 5.74) is 5.01. The minimum atomic E-state index is -3.95. The number of benzene rings is 3. The predicted octanol–water partition coefficient (Wildman–Crippen LogP) is 4.75. The molecule has 6 nitrogen and oxygen atoms in total. The van der Waals surface area contributed by atoms with Gasteiger partial charge in [0.25, 0.3) is 5.91 Å². The molecule has 0 aliphatic heterocycles. The molecular formula is C23H21BrClN3O3S. The van der Waals surface area contributed by atoms with Gasteiger partial charge in [-0.05, 0) is 54.4 Å². The van der Waals surface area contributed by atoms with Gasteiger partial charge in [-0.15, -0.1) is 0 Å². The fraction of sp³-hybridized carbons (Fsp3) is 0.130. The minimum absolute atomic E-state index is 0.0368. The van der Waals surface area contributed by atoms with Crippen LogP contribution in [-0.2, 0) is 21.4 Å². The number of hydrogen-bond donors (Lipinski definition) is 1. The highest BCUT2D eigenvalue weighted by atomic mass is 79.9. The first-order valence-electron chi connectivity index (χ1n) is 9.63. The van der Waals surface area contributed by atoms with Crippen molar-refractivity contribution >= 4 is 49.7 Å². The largest absolute Gasteiger partial charge is 0.272 e. The van der Waals surface area contributed by atoms with Gasteiger partial charge in [-0.1, -0.05) is 69.5 Å². The summed E-state index contributed by atoms with van der Waals surface area (Å²) in [4.78, 5) is 12.6. The Hall–Kier alpha value is -2.52. The molecule has 0 aromatic heterocycles. The van der Waals surface area contributed by atoms with E-state index in [4.69, 9.17) is 11.6 Å². The average molecular weight is 535 g/mol. The molecule has 3 rings (SSSR count). The summed E-state index contributed by atoms with van der Waals surface area (Å²) in [6.07, 6.45) is 1.49. The molecule has 0 fully saturated rings. The summed E-state index contributed by atoms with van der Waals surface area (Å²) in [5, 5.41) is 4.36. The van der Waals surface area contributed by atoms with Crippen LogP contribution in [0.4, 0.5) is 0 Å². The molecule has 0 saturated heterocycles. The zero-order valence-electron chi connectivity index (χ0n) is 17.2. The number of amides is 1. The van der Waals surface area contributed by atoms with Crippen LogP contribution in [0.25, 0.3) is 0 Å². The fourth-order valence-electron chi connectivity index (χ4n) is 2.80. The molecule has 0 saturated carbocycles. The van der Waals surface area contributed by atoms with E-state index in [-0.39, 0.29) is 11.4 Å². The van der Waals surface area contributed by atoms with Crippen molar-refractivity contribution in [1.82, 2.24) is 9.73 Å². The third-order valence-corrected chi connectivity index (χ3v) is 7.11. The van der Waals surface area contributed by atoms with Gasteiger partial charge in [0, 0.05) is 16.0 Å². The number of hydrazone groups is 1. The normalized spacial score (nSPS) is 11.8. The van der Waals surface area contributed by atoms with Gasteiger partial charge in [-0.3, -0.25) is 4.79 Å². The molecule has 9 heteroatoms. The van der Waals surface area contributed by atoms with Crippen LogP contribution in [0.2, 0.25) is 5.02 Å². The maximum atomic E-state index is 13.2. The van der Waals surface area contributed by atoms with Gasteiger partial charge in [0.1, 0.15) is 0 Å². The van der Waals surface area contributed by atoms with Crippen molar-refractivity contribution in [2.45, 2.75) is 18.4 Å². The second-order valence-corrected chi connectivity index (χ2v) is 10.3. The Morgan fingerprint density at radius 1 is 1.03 bits per heavy atom. The molecule has 0 aliphatic carbocycles. The highest BCUT2D eigenvalue weighted by molar-refractivity contribution is 9.10. The first-order valence-corrected chi connectivity index (χ1v) is 12.2. The number of hydrogen-bond acceptors (Lipinski definition) is 4. The molecule has 3 aromatic carbocycles. The topological polar surface area (TPSA) is 78.8 Å². The Morgan fingerprint density at radius 2 is 1.66 bits per heavy atom. The van der Waals surface area contributed by atoms with Gasteiger partial charge in [0.05, 0.1) is 17.7 Å². The third kappa shape index (κ3) is 6.74. The van der Waals surface area contributed by atoms with E-state index in [1.54, 1.807) is 0 Å². The molecule has 0 unspecified atom stereocenters. The monoisotopic (exact) mass is 533 g/mol. The van der Waals surface area contributed by atoms with Crippen LogP contribution in [-0.4, -0.2) is 31.4 Å². The number of aryl methyl sites for hydroxylation is 1. The quantitative estimate of drug-likeness (QED) is 0.335. The molecular weight excluding hydrogens is 514 g/mol. The van der Waals surface area contributed by atoms with Crippen molar-refractivity contribution < 1.29 is 13.2 Å². The number of nitrogens with zero attached hydrogens (tertiary/aromatic N) is 2. The van der Waals surface area contributed by atoms with Gasteiger partial charge < -0.3 is 0 Å². The van der Waals surface area contributed by atoms with E-state index < -0.39 is 22.5 Å². The van der Waals surface area contributed by atoms with Crippen molar-refractivity contribution in [1.29, 1.82) is 0 Å². The van der Waals surface area contributed by atoms with E-state index in [0.29, 0.717) is 5.02 Å². The second-order valence-electron chi connectivity index (χ2n) is 7.06. The molecule has 0 heterocycles. The molecule has 0 aliphatic rings. The van der Waals surface area contributed by atoms with E-state index in [1.165, 1.54) is 30.5 Å². The minimum Gasteiger partial charge on any atom is -0.272 e. The first kappa shape index (κ1) is 24.1. The second kappa shape index (κ2) is 10.9. The van der Waals surface area contributed by atoms with Crippen LogP contribution in [0.15, 0.2) is 87.3 Å². The highest BCUT2D eigenvalue weighted by Crippen LogP contribution is 2.20. The Bertz CT molecular complexity index is 1200. The molecule has 0 atom stereocenters. The summed E-state index contributed by atoms with van der Waals surface area (Å²) in [6, 6.07) is 20.7. The SMILES string of the molecule is Cc1ccc(CN(CC(=O)N/N=C\c2ccc(Br)cc2)S(=O)(=O)c2ccc(Cl)cc2)cc1. The van der Waals surface area contributed by atoms with E-state index >= 15 is 0 Å². The maximum Gasteiger partial charge on any atom is 0.255 e. The summed E-state index contributed by atoms with van der Waals surface area (Å²) < 4.78 is 28.5. The lowest BCUT2D eigenvalue weighted by molar-refractivity contribution is -0.121. The molecule has 32 heavy (non-hydrogen) atoms. The van der Waals surface area contributed by atoms with Gasteiger partial charge in [-0.25, -0.2) is 13.8 Å². The van der Waals surface area contributed by atoms with Gasteiger partial charge in [0.2, 0.25) is 10.0 Å². The van der Waals surface area contributed by atoms with Gasteiger partial charge >= 0.3 is 0 Å². The average Bonchev–Trinajstić information content (AvgIpc) is 2.76. The number of carbonyl (C=O) groups excluding carboxylic acids is 1. The zero-order chi connectivity index (χ0) is 23.1. The lowest BCUT2D eigenvalue weighted by atomic mass is 10.1. The molecule has 166 valence electrons. The van der Waals surface area contributed by atoms with Crippen LogP contribution in [0.1, 0.15) is 16.7 Å². The third-order valence-electron chi connectivity index (χ3n) is 4.52. The van der Waals surface area contributed by atoms with Crippen LogP contribution in [0.3, 0.4) is 0 Å². The van der Waals surface area contributed by atoms with E-state index in [2.05, 4.69) is 26.5 Å². The zero-order valence-corrected chi connectivity index (χ0v) is 20.4. The molecule has 1 amide bonds. The molecule has 0 radical (unpaired) electrons. The summed E-state index contributed by atoms with van der Waals surface area (Å²) in [7, 11) is -3.95. The Morgan fingerprint density at radius 3 is 2.28 bits per heavy atom. The molecule has 0 bridgehead atoms. The lowest BCUT2D eigenvalue weighted by Crippen LogP contribution is -2.39. The van der Waals surface area contributed by atoms with Crippen molar-refractivity contribution in [3.05, 3.63) is 99.0 Å². The fourth-order valence-corrected chi connectivity index (χ4v) is 4.58. The summed E-state index contributed by atoms with van der Waals surface area (Å²) in [5.74, 6) is -0.553. The van der Waals surface area contributed by atoms with Crippen LogP contribution in [0, 0.1) is 6.92 Å². The molecule has 1 N–H and O–H groups in total. The smallest absolute Gasteiger partial charge is 0.255 e. The predicted molar refractivity (Wildman–Crippen MR) is 130 cm³/mol. The number of rotatable bonds is 8. The maximum absolute atomic E-state index is 13.2. The highest BCUT2D eigenvalue weighted by Gasteiger charge is 2.27. The van der Waals surface area contributed by atoms with Crippen LogP contribution >= 0.6 is 27.5 Å². The Labute approximate surface area is 201 Å². The number of nitrogens with one attached hydrogen (secondary N) is 1. The standard InChI is InChI=1S/C23H21BrClN3O3S/c1-17-2-4-19(5-3-17)15-28(32(30,31)22-12-10-21(25)11-13-22)16-23(29)27-26-14-18-6-8-20(24)9-7-18/h2-14H,15-16H2,1H3,(H,27,29)/b26-14-. The van der Waals surface area contributed by atoms with Gasteiger partial charge in [-0.2, -0.15) is 9.41 Å². The van der Waals surface area contributed by atoms with Crippen molar-refractivity contribution in [3.63, 3.8) is 0 Å². The van der Waals surface area contributed by atoms with E-state index in [0.717, 1.165) is 25.5 Å².